The Bertz CT molecular complexity index is 430. The minimum Gasteiger partial charge on any atom is -0.324 e. The highest BCUT2D eigenvalue weighted by molar-refractivity contribution is 7.09. The Kier molecular flexibility index (Phi) is 3.30. The van der Waals surface area contributed by atoms with E-state index in [0.717, 1.165) is 16.9 Å². The topological polar surface area (TPSA) is 51.8 Å². The fourth-order valence-corrected chi connectivity index (χ4v) is 2.27. The summed E-state index contributed by atoms with van der Waals surface area (Å²) in [6, 6.07) is 1.76. The first-order chi connectivity index (χ1) is 7.27. The Morgan fingerprint density at radius 2 is 2.27 bits per heavy atom. The van der Waals surface area contributed by atoms with Gasteiger partial charge in [0.15, 0.2) is 0 Å². The van der Waals surface area contributed by atoms with Crippen molar-refractivity contribution in [2.24, 2.45) is 5.73 Å². The van der Waals surface area contributed by atoms with Gasteiger partial charge in [-0.15, -0.1) is 11.3 Å². The number of halogens is 1. The second-order valence-corrected chi connectivity index (χ2v) is 4.55. The predicted molar refractivity (Wildman–Crippen MR) is 62.0 cm³/mol. The highest BCUT2D eigenvalue weighted by Crippen LogP contribution is 2.23. The van der Waals surface area contributed by atoms with Crippen molar-refractivity contribution in [1.29, 1.82) is 0 Å². The fourth-order valence-electron chi connectivity index (χ4n) is 1.36. The van der Waals surface area contributed by atoms with Gasteiger partial charge < -0.3 is 5.73 Å². The molecule has 2 rings (SSSR count). The molecule has 0 fully saturated rings. The first-order valence-corrected chi connectivity index (χ1v) is 5.75. The number of aromatic nitrogens is 2. The van der Waals surface area contributed by atoms with E-state index in [0.29, 0.717) is 5.02 Å². The van der Waals surface area contributed by atoms with E-state index in [4.69, 9.17) is 17.3 Å². The Labute approximate surface area is 96.9 Å². The Hall–Kier alpha value is -0.970. The normalized spacial score (nSPS) is 12.7. The van der Waals surface area contributed by atoms with E-state index in [1.807, 2.05) is 12.3 Å². The van der Waals surface area contributed by atoms with Crippen molar-refractivity contribution >= 4 is 22.9 Å². The number of nitrogens with zero attached hydrogens (tertiary/aromatic N) is 2. The maximum absolute atomic E-state index is 6.05. The summed E-state index contributed by atoms with van der Waals surface area (Å²) < 4.78 is 0. The van der Waals surface area contributed by atoms with Crippen molar-refractivity contribution in [2.45, 2.75) is 12.5 Å². The number of hydrogen-bond donors (Lipinski definition) is 1. The summed E-state index contributed by atoms with van der Waals surface area (Å²) in [5, 5.41) is 0.620. The van der Waals surface area contributed by atoms with E-state index in [1.54, 1.807) is 29.2 Å². The van der Waals surface area contributed by atoms with Crippen molar-refractivity contribution in [3.8, 4) is 0 Å². The summed E-state index contributed by atoms with van der Waals surface area (Å²) in [4.78, 5) is 9.10. The van der Waals surface area contributed by atoms with Gasteiger partial charge in [-0.25, -0.2) is 0 Å². The van der Waals surface area contributed by atoms with Gasteiger partial charge in [0.1, 0.15) is 0 Å². The molecule has 5 heteroatoms. The zero-order valence-electron chi connectivity index (χ0n) is 7.93. The van der Waals surface area contributed by atoms with Gasteiger partial charge in [-0.1, -0.05) is 11.6 Å². The molecule has 2 N–H and O–H groups in total. The molecule has 1 atom stereocenters. The third-order valence-corrected chi connectivity index (χ3v) is 3.23. The maximum Gasteiger partial charge on any atom is 0.0794 e. The molecule has 0 aliphatic heterocycles. The molecule has 15 heavy (non-hydrogen) atoms. The van der Waals surface area contributed by atoms with Crippen LogP contribution < -0.4 is 5.73 Å². The van der Waals surface area contributed by atoms with Crippen LogP contribution in [0.5, 0.6) is 0 Å². The number of nitrogens with two attached hydrogens (primary N) is 1. The summed E-state index contributed by atoms with van der Waals surface area (Å²) in [5.41, 5.74) is 8.79. The SMILES string of the molecule is NC(Cc1cncs1)c1ccncc1Cl. The van der Waals surface area contributed by atoms with Crippen LogP contribution in [0.2, 0.25) is 5.02 Å². The Morgan fingerprint density at radius 1 is 1.40 bits per heavy atom. The van der Waals surface area contributed by atoms with Gasteiger partial charge in [0.2, 0.25) is 0 Å². The van der Waals surface area contributed by atoms with Crippen LogP contribution in [0.15, 0.2) is 30.2 Å². The van der Waals surface area contributed by atoms with E-state index in [9.17, 15) is 0 Å². The molecule has 0 bridgehead atoms. The van der Waals surface area contributed by atoms with Gasteiger partial charge in [0.25, 0.3) is 0 Å². The summed E-state index contributed by atoms with van der Waals surface area (Å²) in [7, 11) is 0. The number of rotatable bonds is 3. The van der Waals surface area contributed by atoms with Crippen molar-refractivity contribution in [1.82, 2.24) is 9.97 Å². The van der Waals surface area contributed by atoms with E-state index < -0.39 is 0 Å². The third-order valence-electron chi connectivity index (χ3n) is 2.11. The second-order valence-electron chi connectivity index (χ2n) is 3.18. The molecule has 2 aromatic rings. The van der Waals surface area contributed by atoms with Crippen LogP contribution in [-0.2, 0) is 6.42 Å². The van der Waals surface area contributed by atoms with Crippen LogP contribution >= 0.6 is 22.9 Å². The largest absolute Gasteiger partial charge is 0.324 e. The Balaban J connectivity index is 2.15. The highest BCUT2D eigenvalue weighted by atomic mass is 35.5. The number of pyridine rings is 1. The van der Waals surface area contributed by atoms with Crippen LogP contribution in [0.3, 0.4) is 0 Å². The average molecular weight is 240 g/mol. The molecule has 0 aromatic carbocycles. The molecule has 0 spiro atoms. The minimum atomic E-state index is -0.0963. The molecule has 0 aliphatic carbocycles. The lowest BCUT2D eigenvalue weighted by atomic mass is 10.1. The quantitative estimate of drug-likeness (QED) is 0.895. The van der Waals surface area contributed by atoms with Gasteiger partial charge in [0, 0.05) is 35.9 Å². The maximum atomic E-state index is 6.05. The summed E-state index contributed by atoms with van der Waals surface area (Å²) in [6.45, 7) is 0. The highest BCUT2D eigenvalue weighted by Gasteiger charge is 2.11. The first-order valence-electron chi connectivity index (χ1n) is 4.49. The summed E-state index contributed by atoms with van der Waals surface area (Å²) >= 11 is 7.61. The molecule has 78 valence electrons. The van der Waals surface area contributed by atoms with Gasteiger partial charge in [-0.2, -0.15) is 0 Å². The zero-order valence-corrected chi connectivity index (χ0v) is 9.50. The van der Waals surface area contributed by atoms with Gasteiger partial charge in [0.05, 0.1) is 10.5 Å². The molecule has 0 saturated carbocycles. The van der Waals surface area contributed by atoms with Gasteiger partial charge in [-0.05, 0) is 11.6 Å². The molecular weight excluding hydrogens is 230 g/mol. The number of thiazole rings is 1. The van der Waals surface area contributed by atoms with Crippen LogP contribution in [0.25, 0.3) is 0 Å². The monoisotopic (exact) mass is 239 g/mol. The molecule has 3 nitrogen and oxygen atoms in total. The smallest absolute Gasteiger partial charge is 0.0794 e. The molecule has 0 amide bonds. The molecule has 0 aliphatic rings. The first kappa shape index (κ1) is 10.5. The Morgan fingerprint density at radius 3 is 2.93 bits per heavy atom. The minimum absolute atomic E-state index is 0.0963. The van der Waals surface area contributed by atoms with Crippen LogP contribution in [0, 0.1) is 0 Å². The van der Waals surface area contributed by atoms with E-state index >= 15 is 0 Å². The lowest BCUT2D eigenvalue weighted by molar-refractivity contribution is 0.728. The molecule has 2 aromatic heterocycles. The van der Waals surface area contributed by atoms with Crippen LogP contribution in [0.1, 0.15) is 16.5 Å². The lowest BCUT2D eigenvalue weighted by Gasteiger charge is -2.11. The van der Waals surface area contributed by atoms with E-state index in [-0.39, 0.29) is 6.04 Å². The van der Waals surface area contributed by atoms with Crippen LogP contribution in [0.4, 0.5) is 0 Å². The van der Waals surface area contributed by atoms with Crippen molar-refractivity contribution in [2.75, 3.05) is 0 Å². The third kappa shape index (κ3) is 2.53. The standard InChI is InChI=1S/C10H10ClN3S/c11-9-5-13-2-1-8(9)10(12)3-7-4-14-6-15-7/h1-2,4-6,10H,3,12H2. The number of hydrogen-bond acceptors (Lipinski definition) is 4. The molecular formula is C10H10ClN3S. The second kappa shape index (κ2) is 4.70. The van der Waals surface area contributed by atoms with Crippen molar-refractivity contribution < 1.29 is 0 Å². The van der Waals surface area contributed by atoms with Crippen LogP contribution in [-0.4, -0.2) is 9.97 Å². The molecule has 0 radical (unpaired) electrons. The summed E-state index contributed by atoms with van der Waals surface area (Å²) in [6.07, 6.45) is 5.91. The van der Waals surface area contributed by atoms with Crippen molar-refractivity contribution in [3.63, 3.8) is 0 Å². The zero-order chi connectivity index (χ0) is 10.7. The molecule has 0 saturated heterocycles. The predicted octanol–water partition coefficient (Wildman–Crippen LogP) is 2.43. The molecule has 2 heterocycles. The summed E-state index contributed by atoms with van der Waals surface area (Å²) in [5.74, 6) is 0. The van der Waals surface area contributed by atoms with Crippen molar-refractivity contribution in [3.05, 3.63) is 45.6 Å². The fraction of sp³-hybridized carbons (Fsp3) is 0.200. The average Bonchev–Trinajstić information content (AvgIpc) is 2.71. The van der Waals surface area contributed by atoms with Gasteiger partial charge in [-0.3, -0.25) is 9.97 Å². The molecule has 1 unspecified atom stereocenters. The van der Waals surface area contributed by atoms with Gasteiger partial charge >= 0.3 is 0 Å². The van der Waals surface area contributed by atoms with E-state index in [2.05, 4.69) is 9.97 Å². The lowest BCUT2D eigenvalue weighted by Crippen LogP contribution is -2.13. The van der Waals surface area contributed by atoms with E-state index in [1.165, 1.54) is 0 Å².